The number of rotatable bonds is 9. The minimum Gasteiger partial charge on any atom is -0.465 e. The number of hydrogen-bond donors (Lipinski definition) is 1. The molecule has 0 aliphatic rings. The summed E-state index contributed by atoms with van der Waals surface area (Å²) in [6, 6.07) is 11.9. The first-order valence-corrected chi connectivity index (χ1v) is 13.4. The highest BCUT2D eigenvalue weighted by Crippen LogP contribution is 2.39. The van der Waals surface area contributed by atoms with Crippen molar-refractivity contribution in [2.45, 2.75) is 25.5 Å². The Hall–Kier alpha value is -3.21. The van der Waals surface area contributed by atoms with Gasteiger partial charge in [-0.2, -0.15) is 0 Å². The maximum atomic E-state index is 12.7. The molecule has 0 saturated carbocycles. The van der Waals surface area contributed by atoms with E-state index in [1.807, 2.05) is 29.7 Å². The maximum Gasteiger partial charge on any atom is 0.340 e. The lowest BCUT2D eigenvalue weighted by molar-refractivity contribution is -0.113. The molecule has 0 aliphatic heterocycles. The van der Waals surface area contributed by atoms with Crippen molar-refractivity contribution in [3.63, 3.8) is 0 Å². The standard InChI is InChI=1S/C25H24N4O3S3/c1-5-11-29-22(19-13-33-16(3)21(19)17-9-7-6-8-10-17)27-28-25(29)34-14-20(30)26-23-18(24(31)32-4)12-15(2)35-23/h5-10,12-13H,1,11,14H2,2-4H3,(H,26,30). The van der Waals surface area contributed by atoms with Crippen LogP contribution < -0.4 is 5.32 Å². The Bertz CT molecular complexity index is 1370. The Morgan fingerprint density at radius 1 is 1.23 bits per heavy atom. The van der Waals surface area contributed by atoms with Gasteiger partial charge in [-0.15, -0.1) is 39.4 Å². The van der Waals surface area contributed by atoms with E-state index in [1.54, 1.807) is 23.5 Å². The smallest absolute Gasteiger partial charge is 0.340 e. The number of aromatic nitrogens is 3. The van der Waals surface area contributed by atoms with Crippen LogP contribution in [0.1, 0.15) is 20.1 Å². The molecule has 7 nitrogen and oxygen atoms in total. The fourth-order valence-corrected chi connectivity index (χ4v) is 6.16. The molecule has 0 saturated heterocycles. The Morgan fingerprint density at radius 2 is 2.00 bits per heavy atom. The lowest BCUT2D eigenvalue weighted by atomic mass is 10.0. The van der Waals surface area contributed by atoms with Crippen molar-refractivity contribution >= 4 is 51.3 Å². The van der Waals surface area contributed by atoms with E-state index >= 15 is 0 Å². The molecule has 35 heavy (non-hydrogen) atoms. The topological polar surface area (TPSA) is 86.1 Å². The lowest BCUT2D eigenvalue weighted by Crippen LogP contribution is -2.16. The van der Waals surface area contributed by atoms with Crippen LogP contribution in [0.25, 0.3) is 22.5 Å². The van der Waals surface area contributed by atoms with E-state index in [2.05, 4.69) is 46.5 Å². The van der Waals surface area contributed by atoms with Gasteiger partial charge in [0.05, 0.1) is 18.4 Å². The van der Waals surface area contributed by atoms with Gasteiger partial charge in [-0.3, -0.25) is 9.36 Å². The molecule has 1 aromatic carbocycles. The fraction of sp³-hybridized carbons (Fsp3) is 0.200. The average Bonchev–Trinajstić information content (AvgIpc) is 3.54. The third-order valence-corrected chi connectivity index (χ3v) is 8.00. The number of hydrogen-bond acceptors (Lipinski definition) is 8. The first-order valence-electron chi connectivity index (χ1n) is 10.7. The number of benzene rings is 1. The third kappa shape index (κ3) is 5.39. The van der Waals surface area contributed by atoms with Crippen molar-refractivity contribution in [3.05, 3.63) is 69.8 Å². The molecule has 0 unspecified atom stereocenters. The van der Waals surface area contributed by atoms with Gasteiger partial charge in [0.15, 0.2) is 11.0 Å². The van der Waals surface area contributed by atoms with Gasteiger partial charge in [0.2, 0.25) is 5.91 Å². The number of anilines is 1. The summed E-state index contributed by atoms with van der Waals surface area (Å²) in [5, 5.41) is 14.9. The Kier molecular flexibility index (Phi) is 7.84. The molecule has 180 valence electrons. The number of aryl methyl sites for hydroxylation is 2. The molecule has 3 aromatic heterocycles. The Balaban J connectivity index is 1.56. The van der Waals surface area contributed by atoms with E-state index < -0.39 is 5.97 Å². The van der Waals surface area contributed by atoms with E-state index in [0.29, 0.717) is 22.3 Å². The van der Waals surface area contributed by atoms with Gasteiger partial charge in [-0.1, -0.05) is 48.2 Å². The minimum atomic E-state index is -0.479. The van der Waals surface area contributed by atoms with Crippen molar-refractivity contribution in [2.75, 3.05) is 18.2 Å². The number of amides is 1. The van der Waals surface area contributed by atoms with Crippen molar-refractivity contribution in [1.29, 1.82) is 0 Å². The largest absolute Gasteiger partial charge is 0.465 e. The summed E-state index contributed by atoms with van der Waals surface area (Å²) in [5.74, 6) is 0.125. The number of methoxy groups -OCH3 is 1. The second kappa shape index (κ2) is 11.0. The number of ether oxygens (including phenoxy) is 1. The third-order valence-electron chi connectivity index (χ3n) is 5.15. The number of carbonyl (C=O) groups excluding carboxylic acids is 2. The summed E-state index contributed by atoms with van der Waals surface area (Å²) in [5.41, 5.74) is 3.61. The summed E-state index contributed by atoms with van der Waals surface area (Å²) >= 11 is 4.29. The summed E-state index contributed by atoms with van der Waals surface area (Å²) in [4.78, 5) is 26.8. The molecule has 0 aliphatic carbocycles. The van der Waals surface area contributed by atoms with Crippen LogP contribution in [0.15, 0.2) is 59.6 Å². The number of nitrogens with one attached hydrogen (secondary N) is 1. The zero-order valence-corrected chi connectivity index (χ0v) is 22.0. The fourth-order valence-electron chi connectivity index (χ4n) is 3.63. The molecule has 1 amide bonds. The summed E-state index contributed by atoms with van der Waals surface area (Å²) in [7, 11) is 1.32. The summed E-state index contributed by atoms with van der Waals surface area (Å²) < 4.78 is 6.78. The molecular formula is C25H24N4O3S3. The highest BCUT2D eigenvalue weighted by atomic mass is 32.2. The molecular weight excluding hydrogens is 501 g/mol. The van der Waals surface area contributed by atoms with Crippen LogP contribution in [0, 0.1) is 13.8 Å². The van der Waals surface area contributed by atoms with Gasteiger partial charge in [0.25, 0.3) is 0 Å². The van der Waals surface area contributed by atoms with E-state index in [-0.39, 0.29) is 11.7 Å². The van der Waals surface area contributed by atoms with Crippen LogP contribution in [0.4, 0.5) is 5.00 Å². The highest BCUT2D eigenvalue weighted by Gasteiger charge is 2.22. The molecule has 4 aromatic rings. The van der Waals surface area contributed by atoms with Gasteiger partial charge in [-0.05, 0) is 25.5 Å². The Labute approximate surface area is 215 Å². The number of thioether (sulfide) groups is 1. The second-order valence-corrected chi connectivity index (χ2v) is 10.9. The maximum absolute atomic E-state index is 12.7. The Morgan fingerprint density at radius 3 is 2.71 bits per heavy atom. The van der Waals surface area contributed by atoms with E-state index in [4.69, 9.17) is 4.74 Å². The summed E-state index contributed by atoms with van der Waals surface area (Å²) in [6.07, 6.45) is 1.79. The normalized spacial score (nSPS) is 10.8. The van der Waals surface area contributed by atoms with Crippen LogP contribution in [0.2, 0.25) is 0 Å². The monoisotopic (exact) mass is 524 g/mol. The van der Waals surface area contributed by atoms with E-state index in [9.17, 15) is 9.59 Å². The molecule has 0 spiro atoms. The number of esters is 1. The van der Waals surface area contributed by atoms with Crippen LogP contribution >= 0.6 is 34.4 Å². The molecule has 0 atom stereocenters. The second-order valence-electron chi connectivity index (χ2n) is 7.58. The van der Waals surface area contributed by atoms with Crippen molar-refractivity contribution < 1.29 is 14.3 Å². The van der Waals surface area contributed by atoms with Gasteiger partial charge in [0.1, 0.15) is 5.00 Å². The predicted octanol–water partition coefficient (Wildman–Crippen LogP) is 6.06. The zero-order chi connectivity index (χ0) is 24.9. The quantitative estimate of drug-likeness (QED) is 0.163. The lowest BCUT2D eigenvalue weighted by Gasteiger charge is -2.10. The molecule has 0 bridgehead atoms. The van der Waals surface area contributed by atoms with Gasteiger partial charge in [-0.25, -0.2) is 4.79 Å². The summed E-state index contributed by atoms with van der Waals surface area (Å²) in [6.45, 7) is 8.35. The van der Waals surface area contributed by atoms with E-state index in [0.717, 1.165) is 27.4 Å². The van der Waals surface area contributed by atoms with Gasteiger partial charge < -0.3 is 10.1 Å². The van der Waals surface area contributed by atoms with Crippen LogP contribution in [-0.4, -0.2) is 39.5 Å². The highest BCUT2D eigenvalue weighted by molar-refractivity contribution is 7.99. The zero-order valence-electron chi connectivity index (χ0n) is 19.5. The van der Waals surface area contributed by atoms with Gasteiger partial charge >= 0.3 is 5.97 Å². The van der Waals surface area contributed by atoms with Gasteiger partial charge in [0, 0.05) is 32.8 Å². The predicted molar refractivity (Wildman–Crippen MR) is 143 cm³/mol. The van der Waals surface area contributed by atoms with Crippen LogP contribution in [0.3, 0.4) is 0 Å². The molecule has 10 heteroatoms. The molecule has 4 rings (SSSR count). The molecule has 3 heterocycles. The first kappa shape index (κ1) is 24.9. The molecule has 1 N–H and O–H groups in total. The number of allylic oxidation sites excluding steroid dienone is 1. The van der Waals surface area contributed by atoms with E-state index in [1.165, 1.54) is 35.1 Å². The number of thiophene rings is 2. The van der Waals surface area contributed by atoms with Crippen molar-refractivity contribution in [2.24, 2.45) is 0 Å². The van der Waals surface area contributed by atoms with Crippen molar-refractivity contribution in [3.8, 4) is 22.5 Å². The molecule has 0 radical (unpaired) electrons. The average molecular weight is 525 g/mol. The first-order chi connectivity index (χ1) is 16.9. The molecule has 0 fully saturated rings. The minimum absolute atomic E-state index is 0.112. The van der Waals surface area contributed by atoms with Crippen LogP contribution in [0.5, 0.6) is 0 Å². The number of nitrogens with zero attached hydrogens (tertiary/aromatic N) is 3. The van der Waals surface area contributed by atoms with Crippen molar-refractivity contribution in [1.82, 2.24) is 14.8 Å². The number of carbonyl (C=O) groups is 2. The SMILES string of the molecule is C=CCn1c(SCC(=O)Nc2sc(C)cc2C(=O)OC)nnc1-c1csc(C)c1-c1ccccc1. The van der Waals surface area contributed by atoms with Crippen LogP contribution in [-0.2, 0) is 16.1 Å².